The van der Waals surface area contributed by atoms with Crippen LogP contribution in [-0.2, 0) is 14.3 Å². The lowest BCUT2D eigenvalue weighted by atomic mass is 9.98. The zero-order valence-electron chi connectivity index (χ0n) is 34.6. The summed E-state index contributed by atoms with van der Waals surface area (Å²) in [6, 6.07) is 6.55. The number of ether oxygens (including phenoxy) is 2. The third-order valence-corrected chi connectivity index (χ3v) is 11.0. The number of rotatable bonds is 33. The Balaban J connectivity index is 1.68. The number of aryl methyl sites for hydroxylation is 1. The van der Waals surface area contributed by atoms with Gasteiger partial charge in [-0.25, -0.2) is 0 Å². The normalized spacial score (nSPS) is 21.4. The number of nitrogens with one attached hydrogen (secondary N) is 2. The molecule has 324 valence electrons. The van der Waals surface area contributed by atoms with Crippen LogP contribution >= 0.6 is 0 Å². The number of unbranched alkanes of at least 4 members (excludes halogenated alkanes) is 19. The maximum Gasteiger partial charge on any atom is 0.251 e. The summed E-state index contributed by atoms with van der Waals surface area (Å²) in [4.78, 5) is 25.2. The minimum Gasteiger partial charge on any atom is -0.394 e. The van der Waals surface area contributed by atoms with Gasteiger partial charge >= 0.3 is 0 Å². The molecule has 12 heteroatoms. The highest BCUT2D eigenvalue weighted by molar-refractivity contribution is 5.94. The van der Waals surface area contributed by atoms with Gasteiger partial charge in [0.25, 0.3) is 5.91 Å². The average Bonchev–Trinajstić information content (AvgIpc) is 3.19. The Hall–Kier alpha value is -2.16. The quantitative estimate of drug-likeness (QED) is 0.0406. The largest absolute Gasteiger partial charge is 0.394 e. The molecular weight excluding hydrogens is 716 g/mol. The molecule has 1 aliphatic rings. The van der Waals surface area contributed by atoms with E-state index in [9.17, 15) is 40.2 Å². The van der Waals surface area contributed by atoms with E-state index >= 15 is 0 Å². The third-order valence-electron chi connectivity index (χ3n) is 11.0. The summed E-state index contributed by atoms with van der Waals surface area (Å²) >= 11 is 0. The standard InChI is InChI=1S/C44H78N2O10/c1-3-4-5-6-7-8-9-10-12-15-18-21-24-36(48)39(50)35(32-55-44-42(53)41(52)40(51)37(31-47)56-44)46-38(49)25-22-19-16-13-11-14-17-20-23-30-45-43(54)34-28-26-33(2)27-29-34/h26-29,35-37,39-42,44,47-48,50-53H,3-25,30-32H2,1-2H3,(H,45,54)(H,46,49)/t35-,36+,37?,39-,40-,41-,42?,44-/m0/s1. The van der Waals surface area contributed by atoms with E-state index in [1.807, 2.05) is 31.2 Å². The number of benzene rings is 1. The Labute approximate surface area is 337 Å². The number of carbonyl (C=O) groups excluding carboxylic acids is 2. The van der Waals surface area contributed by atoms with E-state index in [0.717, 1.165) is 82.6 Å². The minimum atomic E-state index is -1.62. The van der Waals surface area contributed by atoms with Gasteiger partial charge in [-0.3, -0.25) is 9.59 Å². The summed E-state index contributed by atoms with van der Waals surface area (Å²) < 4.78 is 11.1. The van der Waals surface area contributed by atoms with Crippen LogP contribution in [0.1, 0.15) is 171 Å². The van der Waals surface area contributed by atoms with E-state index in [0.29, 0.717) is 24.9 Å². The lowest BCUT2D eigenvalue weighted by molar-refractivity contribution is -0.303. The van der Waals surface area contributed by atoms with E-state index in [-0.39, 0.29) is 24.8 Å². The van der Waals surface area contributed by atoms with Gasteiger partial charge in [-0.1, -0.05) is 147 Å². The van der Waals surface area contributed by atoms with E-state index in [1.165, 1.54) is 51.4 Å². The topological polar surface area (TPSA) is 198 Å². The summed E-state index contributed by atoms with van der Waals surface area (Å²) in [5, 5.41) is 68.0. The Morgan fingerprint density at radius 3 is 1.79 bits per heavy atom. The Bertz CT molecular complexity index is 1140. The molecule has 0 saturated carbocycles. The summed E-state index contributed by atoms with van der Waals surface area (Å²) in [5.41, 5.74) is 1.81. The summed E-state index contributed by atoms with van der Waals surface area (Å²) in [6.07, 6.45) is 14.0. The fourth-order valence-electron chi connectivity index (χ4n) is 7.20. The molecule has 0 spiro atoms. The molecule has 2 rings (SSSR count). The lowest BCUT2D eigenvalue weighted by Gasteiger charge is -2.40. The van der Waals surface area contributed by atoms with Crippen LogP contribution in [0.2, 0.25) is 0 Å². The molecule has 1 heterocycles. The fraction of sp³-hybridized carbons (Fsp3) is 0.818. The zero-order valence-corrected chi connectivity index (χ0v) is 34.6. The minimum absolute atomic E-state index is 0.0330. The van der Waals surface area contributed by atoms with Gasteiger partial charge in [0, 0.05) is 18.5 Å². The predicted molar refractivity (Wildman–Crippen MR) is 219 cm³/mol. The number of hydrogen-bond acceptors (Lipinski definition) is 10. The van der Waals surface area contributed by atoms with Crippen molar-refractivity contribution in [2.45, 2.75) is 210 Å². The first-order chi connectivity index (χ1) is 27.1. The Kier molecular flexibility index (Phi) is 27.5. The smallest absolute Gasteiger partial charge is 0.251 e. The third kappa shape index (κ3) is 21.0. The van der Waals surface area contributed by atoms with Crippen LogP contribution in [0.25, 0.3) is 0 Å². The molecule has 1 aliphatic heterocycles. The van der Waals surface area contributed by atoms with E-state index in [2.05, 4.69) is 17.6 Å². The second-order valence-electron chi connectivity index (χ2n) is 16.0. The first-order valence-corrected chi connectivity index (χ1v) is 22.0. The fourth-order valence-corrected chi connectivity index (χ4v) is 7.20. The van der Waals surface area contributed by atoms with Crippen LogP contribution in [0.15, 0.2) is 24.3 Å². The molecule has 2 unspecified atom stereocenters. The molecule has 1 fully saturated rings. The summed E-state index contributed by atoms with van der Waals surface area (Å²) in [6.45, 7) is 3.96. The second kappa shape index (κ2) is 30.9. The molecule has 56 heavy (non-hydrogen) atoms. The van der Waals surface area contributed by atoms with Crippen molar-refractivity contribution in [3.63, 3.8) is 0 Å². The van der Waals surface area contributed by atoms with Crippen LogP contribution in [0.5, 0.6) is 0 Å². The van der Waals surface area contributed by atoms with Crippen molar-refractivity contribution in [2.75, 3.05) is 19.8 Å². The molecule has 8 N–H and O–H groups in total. The van der Waals surface area contributed by atoms with Gasteiger partial charge in [0.2, 0.25) is 5.91 Å². The van der Waals surface area contributed by atoms with Gasteiger partial charge in [-0.2, -0.15) is 0 Å². The number of aliphatic hydroxyl groups is 6. The molecule has 2 amide bonds. The number of amides is 2. The maximum absolute atomic E-state index is 13.0. The highest BCUT2D eigenvalue weighted by Gasteiger charge is 2.44. The summed E-state index contributed by atoms with van der Waals surface area (Å²) in [7, 11) is 0. The van der Waals surface area contributed by atoms with Crippen LogP contribution in [0.4, 0.5) is 0 Å². The van der Waals surface area contributed by atoms with Crippen molar-refractivity contribution < 1.29 is 49.7 Å². The van der Waals surface area contributed by atoms with Gasteiger partial charge in [0.15, 0.2) is 6.29 Å². The van der Waals surface area contributed by atoms with E-state index in [4.69, 9.17) is 9.47 Å². The van der Waals surface area contributed by atoms with Crippen LogP contribution in [0.3, 0.4) is 0 Å². The molecule has 0 aromatic heterocycles. The first kappa shape index (κ1) is 50.0. The van der Waals surface area contributed by atoms with Gasteiger partial charge in [0.1, 0.15) is 30.5 Å². The zero-order chi connectivity index (χ0) is 41.0. The van der Waals surface area contributed by atoms with Gasteiger partial charge < -0.3 is 50.7 Å². The monoisotopic (exact) mass is 795 g/mol. The molecule has 0 aliphatic carbocycles. The van der Waals surface area contributed by atoms with Crippen LogP contribution < -0.4 is 10.6 Å². The Morgan fingerprint density at radius 2 is 1.23 bits per heavy atom. The Morgan fingerprint density at radius 1 is 0.714 bits per heavy atom. The van der Waals surface area contributed by atoms with Gasteiger partial charge in [-0.15, -0.1) is 0 Å². The van der Waals surface area contributed by atoms with Crippen molar-refractivity contribution >= 4 is 11.8 Å². The second-order valence-corrected chi connectivity index (χ2v) is 16.0. The van der Waals surface area contributed by atoms with Crippen molar-refractivity contribution in [1.29, 1.82) is 0 Å². The van der Waals surface area contributed by atoms with Crippen molar-refractivity contribution in [2.24, 2.45) is 0 Å². The maximum atomic E-state index is 13.0. The average molecular weight is 795 g/mol. The van der Waals surface area contributed by atoms with Gasteiger partial charge in [0.05, 0.1) is 25.4 Å². The van der Waals surface area contributed by atoms with Crippen LogP contribution in [0, 0.1) is 6.92 Å². The number of hydrogen-bond donors (Lipinski definition) is 8. The molecular formula is C44H78N2O10. The van der Waals surface area contributed by atoms with Gasteiger partial charge in [-0.05, 0) is 38.3 Å². The lowest BCUT2D eigenvalue weighted by Crippen LogP contribution is -2.60. The molecule has 12 nitrogen and oxygen atoms in total. The molecule has 0 radical (unpaired) electrons. The molecule has 8 atom stereocenters. The first-order valence-electron chi connectivity index (χ1n) is 22.0. The molecule has 1 aromatic rings. The SMILES string of the molecule is CCCCCCCCCCCCCC[C@@H](O)[C@@H](O)[C@H](CO[C@H]1OC(CO)[C@H](O)[C@H](O)C1O)NC(=O)CCCCCCCCCCCNC(=O)c1ccc(C)cc1. The highest BCUT2D eigenvalue weighted by Crippen LogP contribution is 2.23. The molecule has 1 saturated heterocycles. The predicted octanol–water partition coefficient (Wildman–Crippen LogP) is 5.74. The molecule has 0 bridgehead atoms. The highest BCUT2D eigenvalue weighted by atomic mass is 16.7. The molecule has 1 aromatic carbocycles. The number of aliphatic hydroxyl groups excluding tert-OH is 6. The summed E-state index contributed by atoms with van der Waals surface area (Å²) in [5.74, 6) is -0.326. The van der Waals surface area contributed by atoms with Crippen molar-refractivity contribution in [3.05, 3.63) is 35.4 Å². The van der Waals surface area contributed by atoms with Crippen molar-refractivity contribution in [3.8, 4) is 0 Å². The van der Waals surface area contributed by atoms with Crippen LogP contribution in [-0.4, -0.2) is 111 Å². The van der Waals surface area contributed by atoms with E-state index < -0.39 is 55.6 Å². The van der Waals surface area contributed by atoms with Crippen molar-refractivity contribution in [1.82, 2.24) is 10.6 Å². The van der Waals surface area contributed by atoms with E-state index in [1.54, 1.807) is 0 Å². The number of carbonyl (C=O) groups is 2.